The van der Waals surface area contributed by atoms with Crippen molar-refractivity contribution in [2.45, 2.75) is 84.7 Å². The first kappa shape index (κ1) is 21.8. The molecular formula is C24H41NO3. The molecule has 0 aromatic carbocycles. The lowest BCUT2D eigenvalue weighted by Gasteiger charge is -2.56. The minimum atomic E-state index is -0.278. The Balaban J connectivity index is 1.80. The fourth-order valence-electron chi connectivity index (χ4n) is 6.70. The van der Waals surface area contributed by atoms with Gasteiger partial charge in [0.2, 0.25) is 5.91 Å². The zero-order valence-electron chi connectivity index (χ0n) is 18.1. The number of hydrogen-bond acceptors (Lipinski definition) is 3. The molecule has 0 radical (unpaired) electrons. The molecule has 2 saturated carbocycles. The third kappa shape index (κ3) is 4.18. The first-order valence-electron chi connectivity index (χ1n) is 11.6. The lowest BCUT2D eigenvalue weighted by Crippen LogP contribution is -2.53. The number of amides is 1. The molecule has 4 nitrogen and oxygen atoms in total. The molecule has 3 N–H and O–H groups in total. The second kappa shape index (κ2) is 8.87. The van der Waals surface area contributed by atoms with Crippen LogP contribution in [0.25, 0.3) is 0 Å². The Labute approximate surface area is 171 Å². The third-order valence-electron chi connectivity index (χ3n) is 8.63. The van der Waals surface area contributed by atoms with Gasteiger partial charge in [0.1, 0.15) is 0 Å². The Hall–Kier alpha value is -0.870. The van der Waals surface area contributed by atoms with E-state index in [2.05, 4.69) is 38.2 Å². The maximum Gasteiger partial charge on any atom is 0.220 e. The molecule has 0 heterocycles. The SMILES string of the molecule is CCCCC(=O)NC[C@@H]1[C@@H]([C@]2(C)CC[C@H](O)C[C@@H]2CO)CC[C@@]2(C)C=CC[C@@H]12. The van der Waals surface area contributed by atoms with Crippen molar-refractivity contribution in [2.75, 3.05) is 13.2 Å². The number of aliphatic hydroxyl groups excluding tert-OH is 2. The Kier molecular flexibility index (Phi) is 6.92. The standard InChI is InChI=1S/C24H41NO3/c1-4-5-8-22(28)25-15-19-20-7-6-11-23(20,2)12-10-21(19)24(3)13-9-18(27)14-17(24)16-26/h6,11,17-21,26-27H,4-5,7-10,12-16H2,1-3H3,(H,25,28)/t17-,18+,19+,20+,21+,23-,24-/m1/s1. The van der Waals surface area contributed by atoms with Crippen LogP contribution in [-0.2, 0) is 4.79 Å². The number of rotatable bonds is 7. The van der Waals surface area contributed by atoms with Gasteiger partial charge < -0.3 is 15.5 Å². The van der Waals surface area contributed by atoms with Crippen molar-refractivity contribution < 1.29 is 15.0 Å². The van der Waals surface area contributed by atoms with Gasteiger partial charge in [0.15, 0.2) is 0 Å². The predicted octanol–water partition coefficient (Wildman–Crippen LogP) is 4.06. The Morgan fingerprint density at radius 3 is 2.71 bits per heavy atom. The van der Waals surface area contributed by atoms with Crippen LogP contribution in [0.2, 0.25) is 0 Å². The molecule has 7 atom stereocenters. The normalized spacial score (nSPS) is 43.0. The maximum atomic E-state index is 12.3. The zero-order chi connectivity index (χ0) is 20.4. The van der Waals surface area contributed by atoms with E-state index in [9.17, 15) is 15.0 Å². The summed E-state index contributed by atoms with van der Waals surface area (Å²) in [6.45, 7) is 7.76. The van der Waals surface area contributed by atoms with Crippen LogP contribution in [-0.4, -0.2) is 35.4 Å². The smallest absolute Gasteiger partial charge is 0.220 e. The predicted molar refractivity (Wildman–Crippen MR) is 113 cm³/mol. The van der Waals surface area contributed by atoms with Crippen molar-refractivity contribution >= 4 is 5.91 Å². The molecule has 28 heavy (non-hydrogen) atoms. The molecule has 3 rings (SSSR count). The fraction of sp³-hybridized carbons (Fsp3) is 0.875. The summed E-state index contributed by atoms with van der Waals surface area (Å²) >= 11 is 0. The third-order valence-corrected chi connectivity index (χ3v) is 8.63. The van der Waals surface area contributed by atoms with Crippen molar-refractivity contribution in [2.24, 2.45) is 34.5 Å². The molecule has 0 spiro atoms. The summed E-state index contributed by atoms with van der Waals surface area (Å²) in [5.74, 6) is 1.83. The van der Waals surface area contributed by atoms with E-state index in [1.807, 2.05) is 0 Å². The maximum absolute atomic E-state index is 12.3. The van der Waals surface area contributed by atoms with Gasteiger partial charge in [-0.3, -0.25) is 4.79 Å². The van der Waals surface area contributed by atoms with Crippen molar-refractivity contribution in [3.63, 3.8) is 0 Å². The number of aliphatic hydroxyl groups is 2. The van der Waals surface area contributed by atoms with E-state index >= 15 is 0 Å². The number of carbonyl (C=O) groups is 1. The van der Waals surface area contributed by atoms with Gasteiger partial charge in [-0.2, -0.15) is 0 Å². The highest BCUT2D eigenvalue weighted by Crippen LogP contribution is 2.60. The summed E-state index contributed by atoms with van der Waals surface area (Å²) in [4.78, 5) is 12.3. The van der Waals surface area contributed by atoms with E-state index in [0.29, 0.717) is 30.6 Å². The van der Waals surface area contributed by atoms with Crippen LogP contribution in [0.15, 0.2) is 12.2 Å². The molecule has 4 heteroatoms. The first-order chi connectivity index (χ1) is 13.3. The van der Waals surface area contributed by atoms with E-state index < -0.39 is 0 Å². The minimum absolute atomic E-state index is 0.0384. The monoisotopic (exact) mass is 391 g/mol. The van der Waals surface area contributed by atoms with Crippen LogP contribution >= 0.6 is 0 Å². The van der Waals surface area contributed by atoms with Gasteiger partial charge in [0.05, 0.1) is 6.10 Å². The van der Waals surface area contributed by atoms with Gasteiger partial charge in [-0.1, -0.05) is 39.3 Å². The number of allylic oxidation sites excluding steroid dienone is 2. The largest absolute Gasteiger partial charge is 0.396 e. The lowest BCUT2D eigenvalue weighted by atomic mass is 9.49. The van der Waals surface area contributed by atoms with Crippen LogP contribution in [0.4, 0.5) is 0 Å². The minimum Gasteiger partial charge on any atom is -0.396 e. The highest BCUT2D eigenvalue weighted by atomic mass is 16.3. The quantitative estimate of drug-likeness (QED) is 0.573. The molecule has 3 aliphatic carbocycles. The summed E-state index contributed by atoms with van der Waals surface area (Å²) in [7, 11) is 0. The Morgan fingerprint density at radius 1 is 1.21 bits per heavy atom. The molecule has 0 unspecified atom stereocenters. The number of unbranched alkanes of at least 4 members (excludes halogenated alkanes) is 1. The lowest BCUT2D eigenvalue weighted by molar-refractivity contribution is -0.123. The van der Waals surface area contributed by atoms with Crippen LogP contribution in [0.1, 0.15) is 78.6 Å². The summed E-state index contributed by atoms with van der Waals surface area (Å²) in [5, 5.41) is 23.6. The van der Waals surface area contributed by atoms with Crippen LogP contribution < -0.4 is 5.32 Å². The molecule has 1 amide bonds. The summed E-state index contributed by atoms with van der Waals surface area (Å²) in [5.41, 5.74) is 0.283. The first-order valence-corrected chi connectivity index (χ1v) is 11.6. The van der Waals surface area contributed by atoms with E-state index in [0.717, 1.165) is 45.1 Å². The van der Waals surface area contributed by atoms with Crippen molar-refractivity contribution in [1.29, 1.82) is 0 Å². The highest BCUT2D eigenvalue weighted by molar-refractivity contribution is 5.75. The van der Waals surface area contributed by atoms with Crippen molar-refractivity contribution in [1.82, 2.24) is 5.32 Å². The van der Waals surface area contributed by atoms with Crippen LogP contribution in [0.3, 0.4) is 0 Å². The van der Waals surface area contributed by atoms with E-state index in [1.165, 1.54) is 6.42 Å². The van der Waals surface area contributed by atoms with Crippen molar-refractivity contribution in [3.8, 4) is 0 Å². The fourth-order valence-corrected chi connectivity index (χ4v) is 6.70. The zero-order valence-corrected chi connectivity index (χ0v) is 18.1. The summed E-state index contributed by atoms with van der Waals surface area (Å²) in [6, 6.07) is 0. The Morgan fingerprint density at radius 2 is 2.00 bits per heavy atom. The number of carbonyl (C=O) groups excluding carboxylic acids is 1. The molecule has 0 aromatic heterocycles. The van der Waals surface area contributed by atoms with Gasteiger partial charge in [0, 0.05) is 19.6 Å². The molecule has 0 saturated heterocycles. The highest BCUT2D eigenvalue weighted by Gasteiger charge is 2.54. The Bertz CT molecular complexity index is 576. The van der Waals surface area contributed by atoms with E-state index in [4.69, 9.17) is 0 Å². The topological polar surface area (TPSA) is 69.6 Å². The van der Waals surface area contributed by atoms with Crippen LogP contribution in [0, 0.1) is 34.5 Å². The number of nitrogens with one attached hydrogen (secondary N) is 1. The summed E-state index contributed by atoms with van der Waals surface area (Å²) in [6.07, 6.45) is 13.0. The number of fused-ring (bicyclic) bond motifs is 1. The molecule has 3 aliphatic rings. The average Bonchev–Trinajstić information content (AvgIpc) is 3.08. The summed E-state index contributed by atoms with van der Waals surface area (Å²) < 4.78 is 0. The molecular weight excluding hydrogens is 350 g/mol. The van der Waals surface area contributed by atoms with E-state index in [-0.39, 0.29) is 35.4 Å². The molecule has 160 valence electrons. The second-order valence-electron chi connectivity index (χ2n) is 10.3. The molecule has 2 fully saturated rings. The van der Waals surface area contributed by atoms with E-state index in [1.54, 1.807) is 0 Å². The van der Waals surface area contributed by atoms with Gasteiger partial charge in [-0.05, 0) is 79.4 Å². The molecule has 0 aliphatic heterocycles. The van der Waals surface area contributed by atoms with Gasteiger partial charge in [-0.15, -0.1) is 0 Å². The van der Waals surface area contributed by atoms with Gasteiger partial charge in [-0.25, -0.2) is 0 Å². The van der Waals surface area contributed by atoms with Crippen molar-refractivity contribution in [3.05, 3.63) is 12.2 Å². The average molecular weight is 392 g/mol. The van der Waals surface area contributed by atoms with Gasteiger partial charge >= 0.3 is 0 Å². The molecule has 0 aromatic rings. The van der Waals surface area contributed by atoms with Gasteiger partial charge in [0.25, 0.3) is 0 Å². The second-order valence-corrected chi connectivity index (χ2v) is 10.3. The van der Waals surface area contributed by atoms with Crippen LogP contribution in [0.5, 0.6) is 0 Å². The number of hydrogen-bond donors (Lipinski definition) is 3. The molecule has 0 bridgehead atoms.